The summed E-state index contributed by atoms with van der Waals surface area (Å²) in [5.74, 6) is 1.69. The topological polar surface area (TPSA) is 76.8 Å². The minimum absolute atomic E-state index is 0.136. The molecule has 0 saturated carbocycles. The van der Waals surface area contributed by atoms with Crippen molar-refractivity contribution in [1.82, 2.24) is 10.2 Å². The summed E-state index contributed by atoms with van der Waals surface area (Å²) in [5, 5.41) is 20.2. The van der Waals surface area contributed by atoms with Crippen molar-refractivity contribution >= 4 is 22.7 Å². The fraction of sp³-hybridized carbons (Fsp3) is 0.545. The van der Waals surface area contributed by atoms with E-state index in [0.29, 0.717) is 23.1 Å². The molecule has 40 heavy (non-hydrogen) atoms. The highest BCUT2D eigenvalue weighted by Crippen LogP contribution is 2.30. The summed E-state index contributed by atoms with van der Waals surface area (Å²) in [5.41, 5.74) is 1.59. The molecule has 0 spiro atoms. The zero-order valence-electron chi connectivity index (χ0n) is 24.4. The maximum absolute atomic E-state index is 10.4. The predicted octanol–water partition coefficient (Wildman–Crippen LogP) is 9.92. The van der Waals surface area contributed by atoms with Gasteiger partial charge < -0.3 is 14.6 Å². The number of hydrogen-bond acceptors (Lipinski definition) is 7. The molecule has 0 aliphatic carbocycles. The standard InChI is InChI=1S/C33H47N3O3S/c1-3-5-7-9-11-12-14-15-23-38-29-20-17-27(18-21-29)32-35-36-33(40-32)34-26-28-19-22-30(25-31(28)37)39-24-16-13-10-8-6-4-2/h17-22,25-26,37H,3-16,23-24H2,1-2H3/b34-26+. The van der Waals surface area contributed by atoms with E-state index in [0.717, 1.165) is 35.8 Å². The number of rotatable bonds is 21. The molecule has 0 aliphatic heterocycles. The number of aromatic nitrogens is 2. The molecular weight excluding hydrogens is 518 g/mol. The van der Waals surface area contributed by atoms with Crippen molar-refractivity contribution in [3.8, 4) is 27.8 Å². The highest BCUT2D eigenvalue weighted by atomic mass is 32.1. The van der Waals surface area contributed by atoms with Gasteiger partial charge >= 0.3 is 0 Å². The summed E-state index contributed by atoms with van der Waals surface area (Å²) in [7, 11) is 0. The van der Waals surface area contributed by atoms with Gasteiger partial charge in [0, 0.05) is 23.4 Å². The molecule has 1 aromatic heterocycles. The van der Waals surface area contributed by atoms with Crippen molar-refractivity contribution in [3.63, 3.8) is 0 Å². The van der Waals surface area contributed by atoms with E-state index in [1.807, 2.05) is 36.4 Å². The first-order valence-corrected chi connectivity index (χ1v) is 16.1. The summed E-state index contributed by atoms with van der Waals surface area (Å²) in [6.45, 7) is 5.90. The van der Waals surface area contributed by atoms with E-state index in [1.165, 1.54) is 88.4 Å². The molecule has 0 fully saturated rings. The number of unbranched alkanes of at least 4 members (excludes halogenated alkanes) is 12. The van der Waals surface area contributed by atoms with Gasteiger partial charge in [0.1, 0.15) is 22.3 Å². The highest BCUT2D eigenvalue weighted by molar-refractivity contribution is 7.18. The van der Waals surface area contributed by atoms with Gasteiger partial charge in [-0.3, -0.25) is 0 Å². The molecule has 218 valence electrons. The highest BCUT2D eigenvalue weighted by Gasteiger charge is 2.07. The van der Waals surface area contributed by atoms with Crippen LogP contribution in [0.5, 0.6) is 17.2 Å². The number of aliphatic imine (C=N–C) groups is 1. The first-order chi connectivity index (χ1) is 19.7. The van der Waals surface area contributed by atoms with Crippen molar-refractivity contribution in [2.45, 2.75) is 104 Å². The molecule has 3 aromatic rings. The summed E-state index contributed by atoms with van der Waals surface area (Å²) < 4.78 is 11.7. The van der Waals surface area contributed by atoms with E-state index in [9.17, 15) is 5.11 Å². The molecule has 0 bridgehead atoms. The van der Waals surface area contributed by atoms with Crippen LogP contribution in [0, 0.1) is 0 Å². The van der Waals surface area contributed by atoms with Crippen molar-refractivity contribution in [2.75, 3.05) is 13.2 Å². The van der Waals surface area contributed by atoms with Gasteiger partial charge in [0.05, 0.1) is 13.2 Å². The lowest BCUT2D eigenvalue weighted by Crippen LogP contribution is -1.97. The molecule has 7 heteroatoms. The number of aromatic hydroxyl groups is 1. The van der Waals surface area contributed by atoms with Crippen LogP contribution < -0.4 is 9.47 Å². The lowest BCUT2D eigenvalue weighted by Gasteiger charge is -2.07. The third kappa shape index (κ3) is 12.1. The molecule has 3 rings (SSSR count). The number of benzene rings is 2. The van der Waals surface area contributed by atoms with E-state index in [2.05, 4.69) is 29.0 Å². The number of phenols is 1. The molecule has 2 aromatic carbocycles. The van der Waals surface area contributed by atoms with Crippen LogP contribution in [0.4, 0.5) is 5.13 Å². The predicted molar refractivity (Wildman–Crippen MR) is 168 cm³/mol. The third-order valence-electron chi connectivity index (χ3n) is 6.86. The summed E-state index contributed by atoms with van der Waals surface area (Å²) in [4.78, 5) is 4.42. The zero-order chi connectivity index (χ0) is 28.3. The first kappa shape index (κ1) is 31.6. The van der Waals surface area contributed by atoms with Crippen LogP contribution in [0.15, 0.2) is 47.5 Å². The van der Waals surface area contributed by atoms with Gasteiger partial charge in [0.15, 0.2) is 0 Å². The van der Waals surface area contributed by atoms with Gasteiger partial charge in [-0.2, -0.15) is 0 Å². The van der Waals surface area contributed by atoms with E-state index in [4.69, 9.17) is 9.47 Å². The van der Waals surface area contributed by atoms with Gasteiger partial charge in [-0.1, -0.05) is 102 Å². The molecule has 0 radical (unpaired) electrons. The second kappa shape index (κ2) is 19.2. The van der Waals surface area contributed by atoms with Gasteiger partial charge in [0.2, 0.25) is 5.13 Å². The van der Waals surface area contributed by atoms with Crippen LogP contribution in [-0.2, 0) is 0 Å². The number of phenolic OH excluding ortho intramolecular Hbond substituents is 1. The molecule has 0 unspecified atom stereocenters. The van der Waals surface area contributed by atoms with Crippen molar-refractivity contribution in [2.24, 2.45) is 4.99 Å². The maximum atomic E-state index is 10.4. The van der Waals surface area contributed by atoms with Gasteiger partial charge in [0.25, 0.3) is 0 Å². The Morgan fingerprint density at radius 3 is 1.85 bits per heavy atom. The molecule has 0 atom stereocenters. The molecule has 1 N–H and O–H groups in total. The van der Waals surface area contributed by atoms with Gasteiger partial charge in [-0.25, -0.2) is 4.99 Å². The lowest BCUT2D eigenvalue weighted by atomic mass is 10.1. The second-order valence-corrected chi connectivity index (χ2v) is 11.3. The smallest absolute Gasteiger partial charge is 0.231 e. The number of hydrogen-bond donors (Lipinski definition) is 1. The Bertz CT molecular complexity index is 1110. The third-order valence-corrected chi connectivity index (χ3v) is 7.75. The fourth-order valence-corrected chi connectivity index (χ4v) is 5.12. The number of nitrogens with zero attached hydrogens (tertiary/aromatic N) is 3. The Hall–Kier alpha value is -2.93. The average molecular weight is 566 g/mol. The summed E-state index contributed by atoms with van der Waals surface area (Å²) in [6.07, 6.45) is 19.3. The SMILES string of the molecule is CCCCCCCCCCOc1ccc(-c2nnc(/N=C/c3ccc(OCCCCCCCC)cc3O)s2)cc1. The van der Waals surface area contributed by atoms with Gasteiger partial charge in [-0.15, -0.1) is 10.2 Å². The molecule has 0 aliphatic rings. The summed E-state index contributed by atoms with van der Waals surface area (Å²) >= 11 is 1.41. The Balaban J connectivity index is 1.39. The van der Waals surface area contributed by atoms with Crippen LogP contribution in [0.3, 0.4) is 0 Å². The molecule has 0 amide bonds. The Kier molecular flexibility index (Phi) is 15.2. The van der Waals surface area contributed by atoms with Crippen LogP contribution >= 0.6 is 11.3 Å². The van der Waals surface area contributed by atoms with Crippen LogP contribution in [0.1, 0.15) is 109 Å². The van der Waals surface area contributed by atoms with Crippen molar-refractivity contribution in [3.05, 3.63) is 48.0 Å². The molecular formula is C33H47N3O3S. The quantitative estimate of drug-likeness (QED) is 0.103. The van der Waals surface area contributed by atoms with E-state index < -0.39 is 0 Å². The van der Waals surface area contributed by atoms with Crippen LogP contribution in [-0.4, -0.2) is 34.7 Å². The molecule has 0 saturated heterocycles. The second-order valence-electron chi connectivity index (χ2n) is 10.3. The Morgan fingerprint density at radius 1 is 0.700 bits per heavy atom. The maximum Gasteiger partial charge on any atom is 0.231 e. The fourth-order valence-electron chi connectivity index (χ4n) is 4.42. The monoisotopic (exact) mass is 565 g/mol. The minimum atomic E-state index is 0.136. The Morgan fingerprint density at radius 2 is 1.25 bits per heavy atom. The largest absolute Gasteiger partial charge is 0.507 e. The Labute approximate surface area is 244 Å². The normalized spacial score (nSPS) is 11.3. The van der Waals surface area contributed by atoms with Crippen molar-refractivity contribution in [1.29, 1.82) is 0 Å². The van der Waals surface area contributed by atoms with E-state index in [1.54, 1.807) is 12.3 Å². The van der Waals surface area contributed by atoms with E-state index >= 15 is 0 Å². The molecule has 1 heterocycles. The molecule has 6 nitrogen and oxygen atoms in total. The number of ether oxygens (including phenoxy) is 2. The lowest BCUT2D eigenvalue weighted by molar-refractivity contribution is 0.302. The first-order valence-electron chi connectivity index (χ1n) is 15.3. The van der Waals surface area contributed by atoms with E-state index in [-0.39, 0.29) is 5.75 Å². The van der Waals surface area contributed by atoms with Crippen LogP contribution in [0.25, 0.3) is 10.6 Å². The van der Waals surface area contributed by atoms with Crippen molar-refractivity contribution < 1.29 is 14.6 Å². The zero-order valence-corrected chi connectivity index (χ0v) is 25.3. The minimum Gasteiger partial charge on any atom is -0.507 e. The van der Waals surface area contributed by atoms with Gasteiger partial charge in [-0.05, 0) is 49.2 Å². The van der Waals surface area contributed by atoms with Crippen LogP contribution in [0.2, 0.25) is 0 Å². The summed E-state index contributed by atoms with van der Waals surface area (Å²) in [6, 6.07) is 13.3. The average Bonchev–Trinajstić information content (AvgIpc) is 3.45.